The molecule has 23 heavy (non-hydrogen) atoms. The monoisotopic (exact) mass is 384 g/mol. The topological polar surface area (TPSA) is 36.9 Å². The van der Waals surface area contributed by atoms with Gasteiger partial charge in [-0.3, -0.25) is 0 Å². The first-order valence-corrected chi connectivity index (χ1v) is 9.10. The summed E-state index contributed by atoms with van der Waals surface area (Å²) < 4.78 is 23.7. The highest BCUT2D eigenvalue weighted by Crippen LogP contribution is 2.35. The molecule has 2 fully saturated rings. The molecule has 4 nitrogen and oxygen atoms in total. The van der Waals surface area contributed by atoms with Crippen molar-refractivity contribution in [2.45, 2.75) is 26.7 Å². The third kappa shape index (κ3) is 3.83. The highest BCUT2D eigenvalue weighted by Gasteiger charge is 2.38. The van der Waals surface area contributed by atoms with Crippen LogP contribution in [-0.4, -0.2) is 39.6 Å². The molecular weight excluding hydrogens is 360 g/mol. The molecule has 0 amide bonds. The molecule has 0 aromatic heterocycles. The quantitative estimate of drug-likeness (QED) is 0.676. The van der Waals surface area contributed by atoms with Crippen LogP contribution in [0.5, 0.6) is 11.5 Å². The van der Waals surface area contributed by atoms with Gasteiger partial charge in [0, 0.05) is 10.5 Å². The minimum absolute atomic E-state index is 0.179. The van der Waals surface area contributed by atoms with Crippen LogP contribution in [0.3, 0.4) is 0 Å². The average Bonchev–Trinajstić information content (AvgIpc) is 2.45. The summed E-state index contributed by atoms with van der Waals surface area (Å²) in [5.41, 5.74) is 0.359. The summed E-state index contributed by atoms with van der Waals surface area (Å²) in [7, 11) is 0. The van der Waals surface area contributed by atoms with Crippen molar-refractivity contribution in [2.24, 2.45) is 10.8 Å². The Morgan fingerprint density at radius 2 is 1.30 bits per heavy atom. The van der Waals surface area contributed by atoms with Gasteiger partial charge in [-0.25, -0.2) is 0 Å². The van der Waals surface area contributed by atoms with Crippen LogP contribution in [-0.2, 0) is 9.47 Å². The van der Waals surface area contributed by atoms with Crippen LogP contribution in [0.2, 0.25) is 0 Å². The Hall–Kier alpha value is -0.780. The summed E-state index contributed by atoms with van der Waals surface area (Å²) in [6.07, 6.45) is 2.15. The van der Waals surface area contributed by atoms with Crippen molar-refractivity contribution in [3.63, 3.8) is 0 Å². The van der Waals surface area contributed by atoms with Gasteiger partial charge in [0.05, 0.1) is 50.5 Å². The second-order valence-corrected chi connectivity index (χ2v) is 7.81. The van der Waals surface area contributed by atoms with E-state index in [2.05, 4.69) is 29.8 Å². The molecule has 2 saturated heterocycles. The summed E-state index contributed by atoms with van der Waals surface area (Å²) in [6.45, 7) is 8.91. The van der Waals surface area contributed by atoms with Gasteiger partial charge in [-0.1, -0.05) is 29.8 Å². The first kappa shape index (κ1) is 17.1. The molecule has 2 aliphatic rings. The molecule has 2 aliphatic heterocycles. The highest BCUT2D eigenvalue weighted by molar-refractivity contribution is 9.10. The van der Waals surface area contributed by atoms with E-state index in [1.54, 1.807) is 0 Å². The fourth-order valence-corrected chi connectivity index (χ4v) is 3.19. The summed E-state index contributed by atoms with van der Waals surface area (Å²) >= 11 is 3.54. The maximum absolute atomic E-state index is 6.01. The van der Waals surface area contributed by atoms with E-state index in [-0.39, 0.29) is 10.8 Å². The van der Waals surface area contributed by atoms with Gasteiger partial charge in [0.2, 0.25) is 0 Å². The van der Waals surface area contributed by atoms with Crippen LogP contribution < -0.4 is 9.47 Å². The van der Waals surface area contributed by atoms with E-state index in [1.165, 1.54) is 0 Å². The van der Waals surface area contributed by atoms with Gasteiger partial charge in [-0.15, -0.1) is 0 Å². The molecule has 5 heteroatoms. The zero-order valence-corrected chi connectivity index (χ0v) is 15.5. The molecule has 0 unspecified atom stereocenters. The first-order valence-electron chi connectivity index (χ1n) is 8.30. The van der Waals surface area contributed by atoms with Crippen molar-refractivity contribution in [2.75, 3.05) is 39.6 Å². The first-order chi connectivity index (χ1) is 11.1. The van der Waals surface area contributed by atoms with Crippen LogP contribution in [0.25, 0.3) is 0 Å². The van der Waals surface area contributed by atoms with Crippen LogP contribution in [0, 0.1) is 10.8 Å². The molecule has 2 heterocycles. The van der Waals surface area contributed by atoms with E-state index < -0.39 is 0 Å². The van der Waals surface area contributed by atoms with Crippen molar-refractivity contribution >= 4 is 15.9 Å². The SMILES string of the molecule is CCC1(COc2cc(Br)cc(OCC3(CC)COC3)c2)COC1. The van der Waals surface area contributed by atoms with Gasteiger partial charge in [0.15, 0.2) is 0 Å². The third-order valence-corrected chi connectivity index (χ3v) is 5.53. The number of halogens is 1. The summed E-state index contributed by atoms with van der Waals surface area (Å²) in [5.74, 6) is 1.68. The Labute approximate surface area is 146 Å². The number of hydrogen-bond donors (Lipinski definition) is 0. The predicted octanol–water partition coefficient (Wildman–Crippen LogP) is 4.06. The highest BCUT2D eigenvalue weighted by atomic mass is 79.9. The predicted molar refractivity (Wildman–Crippen MR) is 92.2 cm³/mol. The fraction of sp³-hybridized carbons (Fsp3) is 0.667. The smallest absolute Gasteiger partial charge is 0.124 e. The van der Waals surface area contributed by atoms with E-state index in [0.29, 0.717) is 13.2 Å². The second-order valence-electron chi connectivity index (χ2n) is 6.89. The van der Waals surface area contributed by atoms with Crippen molar-refractivity contribution in [1.29, 1.82) is 0 Å². The summed E-state index contributed by atoms with van der Waals surface area (Å²) in [4.78, 5) is 0. The molecule has 0 N–H and O–H groups in total. The molecule has 3 rings (SSSR count). The number of ether oxygens (including phenoxy) is 4. The Balaban J connectivity index is 1.60. The van der Waals surface area contributed by atoms with E-state index >= 15 is 0 Å². The van der Waals surface area contributed by atoms with E-state index in [0.717, 1.165) is 55.2 Å². The maximum atomic E-state index is 6.01. The van der Waals surface area contributed by atoms with Gasteiger partial charge in [-0.2, -0.15) is 0 Å². The lowest BCUT2D eigenvalue weighted by atomic mass is 9.84. The largest absolute Gasteiger partial charge is 0.493 e. The van der Waals surface area contributed by atoms with E-state index in [4.69, 9.17) is 18.9 Å². The Kier molecular flexibility index (Phi) is 5.19. The van der Waals surface area contributed by atoms with Crippen molar-refractivity contribution < 1.29 is 18.9 Å². The standard InChI is InChI=1S/C18H25BrO4/c1-3-17(8-20-9-17)12-22-15-5-14(19)6-16(7-15)23-13-18(4-2)10-21-11-18/h5-7H,3-4,8-13H2,1-2H3. The van der Waals surface area contributed by atoms with Crippen LogP contribution in [0.15, 0.2) is 22.7 Å². The molecular formula is C18H25BrO4. The molecule has 1 aromatic carbocycles. The number of benzene rings is 1. The van der Waals surface area contributed by atoms with Gasteiger partial charge in [0.1, 0.15) is 11.5 Å². The van der Waals surface area contributed by atoms with Crippen molar-refractivity contribution in [3.05, 3.63) is 22.7 Å². The lowest BCUT2D eigenvalue weighted by Crippen LogP contribution is -2.46. The molecule has 0 radical (unpaired) electrons. The molecule has 0 atom stereocenters. The minimum Gasteiger partial charge on any atom is -0.493 e. The zero-order chi connectivity index (χ0) is 16.3. The Bertz CT molecular complexity index is 483. The fourth-order valence-electron chi connectivity index (χ4n) is 2.74. The molecule has 0 aliphatic carbocycles. The summed E-state index contributed by atoms with van der Waals surface area (Å²) in [5, 5.41) is 0. The van der Waals surface area contributed by atoms with E-state index in [1.807, 2.05) is 18.2 Å². The average molecular weight is 385 g/mol. The summed E-state index contributed by atoms with van der Waals surface area (Å²) in [6, 6.07) is 5.94. The lowest BCUT2D eigenvalue weighted by Gasteiger charge is -2.40. The second kappa shape index (κ2) is 6.99. The molecule has 0 spiro atoms. The Morgan fingerprint density at radius 3 is 1.61 bits per heavy atom. The van der Waals surface area contributed by atoms with E-state index in [9.17, 15) is 0 Å². The van der Waals surface area contributed by atoms with Crippen LogP contribution in [0.4, 0.5) is 0 Å². The van der Waals surface area contributed by atoms with Gasteiger partial charge >= 0.3 is 0 Å². The number of rotatable bonds is 8. The van der Waals surface area contributed by atoms with Crippen LogP contribution >= 0.6 is 15.9 Å². The van der Waals surface area contributed by atoms with Gasteiger partial charge < -0.3 is 18.9 Å². The third-order valence-electron chi connectivity index (χ3n) is 5.07. The van der Waals surface area contributed by atoms with Crippen molar-refractivity contribution in [3.8, 4) is 11.5 Å². The van der Waals surface area contributed by atoms with Gasteiger partial charge in [-0.05, 0) is 25.0 Å². The van der Waals surface area contributed by atoms with Crippen LogP contribution in [0.1, 0.15) is 26.7 Å². The normalized spacial score (nSPS) is 21.2. The zero-order valence-electron chi connectivity index (χ0n) is 13.9. The molecule has 1 aromatic rings. The molecule has 128 valence electrons. The van der Waals surface area contributed by atoms with Gasteiger partial charge in [0.25, 0.3) is 0 Å². The molecule has 0 saturated carbocycles. The Morgan fingerprint density at radius 1 is 0.870 bits per heavy atom. The maximum Gasteiger partial charge on any atom is 0.124 e. The molecule has 0 bridgehead atoms. The number of hydrogen-bond acceptors (Lipinski definition) is 4. The minimum atomic E-state index is 0.179. The lowest BCUT2D eigenvalue weighted by molar-refractivity contribution is -0.134. The van der Waals surface area contributed by atoms with Crippen molar-refractivity contribution in [1.82, 2.24) is 0 Å².